The van der Waals surface area contributed by atoms with Crippen LogP contribution in [-0.4, -0.2) is 69.4 Å². The van der Waals surface area contributed by atoms with E-state index in [-0.39, 0.29) is 12.6 Å². The molecular formula is C11H17N5O3. The summed E-state index contributed by atoms with van der Waals surface area (Å²) in [5.74, 6) is -0.840. The molecule has 8 heteroatoms. The number of aliphatic carboxylic acids is 1. The molecule has 1 aromatic rings. The highest BCUT2D eigenvalue weighted by molar-refractivity contribution is 5.89. The van der Waals surface area contributed by atoms with Crippen molar-refractivity contribution in [3.8, 4) is 0 Å². The van der Waals surface area contributed by atoms with Gasteiger partial charge in [-0.2, -0.15) is 5.10 Å². The van der Waals surface area contributed by atoms with Gasteiger partial charge in [0.15, 0.2) is 0 Å². The minimum Gasteiger partial charge on any atom is -0.480 e. The Bertz CT molecular complexity index is 465. The quantitative estimate of drug-likeness (QED) is 0.781. The summed E-state index contributed by atoms with van der Waals surface area (Å²) in [6, 6.07) is -0.178. The van der Waals surface area contributed by atoms with Gasteiger partial charge in [0, 0.05) is 39.4 Å². The number of hydrogen-bond acceptors (Lipinski definition) is 4. The first-order chi connectivity index (χ1) is 9.04. The minimum atomic E-state index is -0.840. The molecule has 0 spiro atoms. The second-order valence-corrected chi connectivity index (χ2v) is 4.49. The molecule has 0 radical (unpaired) electrons. The third kappa shape index (κ3) is 3.68. The Hall–Kier alpha value is -2.09. The van der Waals surface area contributed by atoms with Gasteiger partial charge in [0.1, 0.15) is 0 Å². The van der Waals surface area contributed by atoms with Crippen LogP contribution in [0.25, 0.3) is 0 Å². The first-order valence-corrected chi connectivity index (χ1v) is 6.03. The number of hydrogen-bond donors (Lipinski definition) is 2. The molecular weight excluding hydrogens is 250 g/mol. The van der Waals surface area contributed by atoms with Crippen molar-refractivity contribution in [1.82, 2.24) is 19.6 Å². The topological polar surface area (TPSA) is 90.7 Å². The molecule has 2 heterocycles. The number of aryl methyl sites for hydroxylation is 1. The molecule has 1 aromatic heterocycles. The van der Waals surface area contributed by atoms with Crippen LogP contribution in [-0.2, 0) is 11.8 Å². The van der Waals surface area contributed by atoms with Crippen LogP contribution in [0.2, 0.25) is 0 Å². The van der Waals surface area contributed by atoms with Crippen LogP contribution < -0.4 is 5.32 Å². The summed E-state index contributed by atoms with van der Waals surface area (Å²) in [4.78, 5) is 26.0. The third-order valence-corrected chi connectivity index (χ3v) is 2.97. The van der Waals surface area contributed by atoms with Crippen molar-refractivity contribution in [2.24, 2.45) is 7.05 Å². The average Bonchev–Trinajstić information content (AvgIpc) is 2.75. The van der Waals surface area contributed by atoms with E-state index in [9.17, 15) is 9.59 Å². The number of carboxylic acids is 1. The molecule has 0 atom stereocenters. The smallest absolute Gasteiger partial charge is 0.322 e. The first-order valence-electron chi connectivity index (χ1n) is 6.03. The second-order valence-electron chi connectivity index (χ2n) is 4.49. The molecule has 104 valence electrons. The number of aromatic nitrogens is 2. The van der Waals surface area contributed by atoms with Gasteiger partial charge in [-0.25, -0.2) is 4.79 Å². The molecule has 0 aromatic carbocycles. The van der Waals surface area contributed by atoms with Gasteiger partial charge in [0.2, 0.25) is 0 Å². The first kappa shape index (κ1) is 13.3. The molecule has 0 aliphatic carbocycles. The predicted molar refractivity (Wildman–Crippen MR) is 67.9 cm³/mol. The lowest BCUT2D eigenvalue weighted by Crippen LogP contribution is -2.51. The molecule has 1 aliphatic heterocycles. The molecule has 1 saturated heterocycles. The lowest BCUT2D eigenvalue weighted by molar-refractivity contribution is -0.138. The summed E-state index contributed by atoms with van der Waals surface area (Å²) >= 11 is 0. The lowest BCUT2D eigenvalue weighted by Gasteiger charge is -2.33. The number of carbonyl (C=O) groups is 2. The Kier molecular flexibility index (Phi) is 4.00. The molecule has 0 saturated carbocycles. The molecule has 0 bridgehead atoms. The van der Waals surface area contributed by atoms with Crippen LogP contribution in [0, 0.1) is 0 Å². The van der Waals surface area contributed by atoms with E-state index in [1.165, 1.54) is 0 Å². The van der Waals surface area contributed by atoms with Crippen LogP contribution in [0.1, 0.15) is 0 Å². The van der Waals surface area contributed by atoms with E-state index >= 15 is 0 Å². The maximum absolute atomic E-state index is 11.9. The summed E-state index contributed by atoms with van der Waals surface area (Å²) in [6.07, 6.45) is 3.30. The summed E-state index contributed by atoms with van der Waals surface area (Å²) in [6.45, 7) is 2.23. The number of carbonyl (C=O) groups excluding carboxylic acids is 1. The number of piperazine rings is 1. The molecule has 1 aliphatic rings. The van der Waals surface area contributed by atoms with Gasteiger partial charge in [-0.1, -0.05) is 0 Å². The van der Waals surface area contributed by atoms with Gasteiger partial charge in [0.25, 0.3) is 0 Å². The van der Waals surface area contributed by atoms with Crippen molar-refractivity contribution in [3.05, 3.63) is 12.4 Å². The highest BCUT2D eigenvalue weighted by Gasteiger charge is 2.22. The van der Waals surface area contributed by atoms with E-state index in [1.807, 2.05) is 4.90 Å². The van der Waals surface area contributed by atoms with E-state index in [0.29, 0.717) is 31.9 Å². The maximum atomic E-state index is 11.9. The molecule has 8 nitrogen and oxygen atoms in total. The van der Waals surface area contributed by atoms with Crippen molar-refractivity contribution < 1.29 is 14.7 Å². The van der Waals surface area contributed by atoms with Gasteiger partial charge in [0.05, 0.1) is 18.4 Å². The van der Waals surface area contributed by atoms with Gasteiger partial charge in [-0.15, -0.1) is 0 Å². The number of carboxylic acid groups (broad SMARTS) is 1. The standard InChI is InChI=1S/C11H17N5O3/c1-14-7-9(6-12-14)13-11(19)16-4-2-15(3-5-16)8-10(17)18/h6-7H,2-5,8H2,1H3,(H,13,19)(H,17,18). The molecule has 1 fully saturated rings. The number of anilines is 1. The molecule has 2 amide bonds. The monoisotopic (exact) mass is 267 g/mol. The van der Waals surface area contributed by atoms with Crippen LogP contribution in [0.3, 0.4) is 0 Å². The van der Waals surface area contributed by atoms with E-state index < -0.39 is 5.97 Å². The molecule has 19 heavy (non-hydrogen) atoms. The van der Waals surface area contributed by atoms with Crippen molar-refractivity contribution in [3.63, 3.8) is 0 Å². The van der Waals surface area contributed by atoms with E-state index in [0.717, 1.165) is 0 Å². The molecule has 2 rings (SSSR count). The number of nitrogens with one attached hydrogen (secondary N) is 1. The predicted octanol–water partition coefficient (Wildman–Crippen LogP) is -0.346. The zero-order valence-electron chi connectivity index (χ0n) is 10.7. The summed E-state index contributed by atoms with van der Waals surface area (Å²) in [7, 11) is 1.78. The van der Waals surface area contributed by atoms with Gasteiger partial charge in [-0.3, -0.25) is 14.4 Å². The van der Waals surface area contributed by atoms with E-state index in [4.69, 9.17) is 5.11 Å². The van der Waals surface area contributed by atoms with Gasteiger partial charge >= 0.3 is 12.0 Å². The SMILES string of the molecule is Cn1cc(NC(=O)N2CCN(CC(=O)O)CC2)cn1. The summed E-state index contributed by atoms with van der Waals surface area (Å²) in [5.41, 5.74) is 0.653. The summed E-state index contributed by atoms with van der Waals surface area (Å²) < 4.78 is 1.61. The molecule has 2 N–H and O–H groups in total. The fourth-order valence-corrected chi connectivity index (χ4v) is 1.99. The average molecular weight is 267 g/mol. The Balaban J connectivity index is 1.80. The summed E-state index contributed by atoms with van der Waals surface area (Å²) in [5, 5.41) is 15.4. The minimum absolute atomic E-state index is 0.0259. The number of nitrogens with zero attached hydrogens (tertiary/aromatic N) is 4. The Morgan fingerprint density at radius 1 is 1.37 bits per heavy atom. The third-order valence-electron chi connectivity index (χ3n) is 2.97. The van der Waals surface area contributed by atoms with Crippen molar-refractivity contribution >= 4 is 17.7 Å². The second kappa shape index (κ2) is 5.70. The fourth-order valence-electron chi connectivity index (χ4n) is 1.99. The number of rotatable bonds is 3. The van der Waals surface area contributed by atoms with Crippen LogP contribution >= 0.6 is 0 Å². The van der Waals surface area contributed by atoms with Crippen molar-refractivity contribution in [2.75, 3.05) is 38.0 Å². The lowest BCUT2D eigenvalue weighted by atomic mass is 10.3. The van der Waals surface area contributed by atoms with Crippen LogP contribution in [0.15, 0.2) is 12.4 Å². The largest absolute Gasteiger partial charge is 0.480 e. The number of urea groups is 1. The van der Waals surface area contributed by atoms with E-state index in [2.05, 4.69) is 10.4 Å². The van der Waals surface area contributed by atoms with Gasteiger partial charge in [-0.05, 0) is 0 Å². The maximum Gasteiger partial charge on any atom is 0.322 e. The van der Waals surface area contributed by atoms with Gasteiger partial charge < -0.3 is 15.3 Å². The van der Waals surface area contributed by atoms with Crippen LogP contribution in [0.4, 0.5) is 10.5 Å². The number of amides is 2. The van der Waals surface area contributed by atoms with Crippen molar-refractivity contribution in [1.29, 1.82) is 0 Å². The fraction of sp³-hybridized carbons (Fsp3) is 0.545. The Labute approximate surface area is 110 Å². The normalized spacial score (nSPS) is 16.4. The zero-order chi connectivity index (χ0) is 13.8. The molecule has 0 unspecified atom stereocenters. The zero-order valence-corrected chi connectivity index (χ0v) is 10.7. The van der Waals surface area contributed by atoms with Crippen LogP contribution in [0.5, 0.6) is 0 Å². The Morgan fingerprint density at radius 3 is 2.58 bits per heavy atom. The van der Waals surface area contributed by atoms with Crippen molar-refractivity contribution in [2.45, 2.75) is 0 Å². The highest BCUT2D eigenvalue weighted by Crippen LogP contribution is 2.07. The Morgan fingerprint density at radius 2 is 2.05 bits per heavy atom. The highest BCUT2D eigenvalue weighted by atomic mass is 16.4. The van der Waals surface area contributed by atoms with E-state index in [1.54, 1.807) is 29.0 Å².